The number of hydrogen-bond acceptors (Lipinski definition) is 1. The van der Waals surface area contributed by atoms with Crippen molar-refractivity contribution in [2.75, 3.05) is 13.1 Å². The number of halogens is 1. The Morgan fingerprint density at radius 2 is 2.15 bits per heavy atom. The monoisotopic (exact) mass is 195 g/mol. The van der Waals surface area contributed by atoms with Gasteiger partial charge in [-0.1, -0.05) is 31.2 Å². The minimum absolute atomic E-state index is 0.552. The molecule has 2 rings (SSSR count). The van der Waals surface area contributed by atoms with Crippen LogP contribution in [0.25, 0.3) is 0 Å². The number of rotatable bonds is 0. The van der Waals surface area contributed by atoms with E-state index in [4.69, 9.17) is 11.8 Å². The Balaban J connectivity index is 2.35. The zero-order valence-corrected chi connectivity index (χ0v) is 8.59. The van der Waals surface area contributed by atoms with Gasteiger partial charge < -0.3 is 0 Å². The summed E-state index contributed by atoms with van der Waals surface area (Å²) in [6.45, 7) is 4.15. The molecule has 0 spiro atoms. The van der Waals surface area contributed by atoms with Crippen LogP contribution in [0.15, 0.2) is 24.3 Å². The Morgan fingerprint density at radius 1 is 1.38 bits per heavy atom. The maximum absolute atomic E-state index is 6.04. The Labute approximate surface area is 84.4 Å². The van der Waals surface area contributed by atoms with E-state index in [-0.39, 0.29) is 0 Å². The van der Waals surface area contributed by atoms with Gasteiger partial charge in [-0.05, 0) is 35.2 Å². The summed E-state index contributed by atoms with van der Waals surface area (Å²) in [4.78, 5) is 0. The zero-order valence-electron chi connectivity index (χ0n) is 7.83. The van der Waals surface area contributed by atoms with Crippen molar-refractivity contribution < 1.29 is 0 Å². The molecule has 1 aromatic carbocycles. The SMILES string of the molecule is C[C@@H]1CN(Cl)CCc2ccccc21. The topological polar surface area (TPSA) is 3.24 Å². The van der Waals surface area contributed by atoms with Crippen molar-refractivity contribution in [2.45, 2.75) is 19.3 Å². The lowest BCUT2D eigenvalue weighted by atomic mass is 9.96. The van der Waals surface area contributed by atoms with Crippen LogP contribution in [0.2, 0.25) is 0 Å². The van der Waals surface area contributed by atoms with Crippen molar-refractivity contribution in [1.29, 1.82) is 0 Å². The lowest BCUT2D eigenvalue weighted by Crippen LogP contribution is -2.16. The van der Waals surface area contributed by atoms with Crippen LogP contribution in [0, 0.1) is 0 Å². The van der Waals surface area contributed by atoms with E-state index in [2.05, 4.69) is 31.2 Å². The van der Waals surface area contributed by atoms with E-state index in [0.29, 0.717) is 5.92 Å². The summed E-state index contributed by atoms with van der Waals surface area (Å²) in [6.07, 6.45) is 1.07. The summed E-state index contributed by atoms with van der Waals surface area (Å²) in [6, 6.07) is 8.65. The van der Waals surface area contributed by atoms with E-state index in [9.17, 15) is 0 Å². The lowest BCUT2D eigenvalue weighted by Gasteiger charge is -2.14. The highest BCUT2D eigenvalue weighted by atomic mass is 35.5. The molecule has 0 unspecified atom stereocenters. The Bertz CT molecular complexity index is 298. The van der Waals surface area contributed by atoms with Crippen LogP contribution in [0.4, 0.5) is 0 Å². The third-order valence-electron chi connectivity index (χ3n) is 2.68. The molecule has 0 aromatic heterocycles. The van der Waals surface area contributed by atoms with Gasteiger partial charge in [0.2, 0.25) is 0 Å². The Kier molecular flexibility index (Phi) is 2.56. The van der Waals surface area contributed by atoms with Crippen molar-refractivity contribution in [3.63, 3.8) is 0 Å². The maximum atomic E-state index is 6.04. The van der Waals surface area contributed by atoms with Gasteiger partial charge in [-0.3, -0.25) is 0 Å². The molecule has 1 aliphatic rings. The average molecular weight is 196 g/mol. The molecule has 1 aromatic rings. The van der Waals surface area contributed by atoms with Crippen LogP contribution >= 0.6 is 11.8 Å². The van der Waals surface area contributed by atoms with Gasteiger partial charge in [0.1, 0.15) is 0 Å². The molecule has 1 heterocycles. The van der Waals surface area contributed by atoms with Gasteiger partial charge in [-0.25, -0.2) is 4.42 Å². The second kappa shape index (κ2) is 3.69. The second-order valence-corrected chi connectivity index (χ2v) is 4.20. The first-order chi connectivity index (χ1) is 6.27. The first kappa shape index (κ1) is 9.04. The van der Waals surface area contributed by atoms with Crippen LogP contribution in [-0.4, -0.2) is 17.5 Å². The molecule has 0 N–H and O–H groups in total. The Hall–Kier alpha value is -0.530. The van der Waals surface area contributed by atoms with E-state index in [1.807, 2.05) is 4.42 Å². The van der Waals surface area contributed by atoms with Crippen LogP contribution < -0.4 is 0 Å². The number of fused-ring (bicyclic) bond motifs is 1. The summed E-state index contributed by atoms with van der Waals surface area (Å²) in [5.74, 6) is 0.552. The van der Waals surface area contributed by atoms with Crippen molar-refractivity contribution in [3.05, 3.63) is 35.4 Å². The molecule has 70 valence electrons. The van der Waals surface area contributed by atoms with Gasteiger partial charge in [0.05, 0.1) is 0 Å². The molecule has 0 amide bonds. The van der Waals surface area contributed by atoms with Gasteiger partial charge in [0, 0.05) is 13.1 Å². The summed E-state index contributed by atoms with van der Waals surface area (Å²) >= 11 is 6.04. The van der Waals surface area contributed by atoms with Crippen molar-refractivity contribution in [2.24, 2.45) is 0 Å². The van der Waals surface area contributed by atoms with Crippen molar-refractivity contribution in [3.8, 4) is 0 Å². The second-order valence-electron chi connectivity index (χ2n) is 3.72. The molecular formula is C11H14ClN. The normalized spacial score (nSPS) is 23.7. The smallest absolute Gasteiger partial charge is 0.0205 e. The average Bonchev–Trinajstić information content (AvgIpc) is 2.27. The quantitative estimate of drug-likeness (QED) is 0.576. The minimum atomic E-state index is 0.552. The van der Waals surface area contributed by atoms with Crippen LogP contribution in [-0.2, 0) is 6.42 Å². The van der Waals surface area contributed by atoms with E-state index >= 15 is 0 Å². The fourth-order valence-electron chi connectivity index (χ4n) is 1.97. The zero-order chi connectivity index (χ0) is 9.26. The first-order valence-corrected chi connectivity index (χ1v) is 5.09. The fraction of sp³-hybridized carbons (Fsp3) is 0.455. The Morgan fingerprint density at radius 3 is 3.00 bits per heavy atom. The van der Waals surface area contributed by atoms with Crippen LogP contribution in [0.3, 0.4) is 0 Å². The van der Waals surface area contributed by atoms with Crippen LogP contribution in [0.5, 0.6) is 0 Å². The fourth-order valence-corrected chi connectivity index (χ4v) is 2.26. The maximum Gasteiger partial charge on any atom is 0.0205 e. The molecule has 0 fully saturated rings. The predicted molar refractivity (Wildman–Crippen MR) is 56.0 cm³/mol. The van der Waals surface area contributed by atoms with Crippen molar-refractivity contribution in [1.82, 2.24) is 4.42 Å². The summed E-state index contributed by atoms with van der Waals surface area (Å²) < 4.78 is 1.89. The highest BCUT2D eigenvalue weighted by Gasteiger charge is 2.17. The summed E-state index contributed by atoms with van der Waals surface area (Å²) in [5, 5.41) is 0. The van der Waals surface area contributed by atoms with E-state index < -0.39 is 0 Å². The van der Waals surface area contributed by atoms with E-state index in [1.54, 1.807) is 0 Å². The molecule has 2 heteroatoms. The van der Waals surface area contributed by atoms with Gasteiger partial charge in [-0.2, -0.15) is 0 Å². The number of hydrogen-bond donors (Lipinski definition) is 0. The van der Waals surface area contributed by atoms with Gasteiger partial charge in [0.15, 0.2) is 0 Å². The number of nitrogens with zero attached hydrogens (tertiary/aromatic N) is 1. The predicted octanol–water partition coefficient (Wildman–Crippen LogP) is 2.80. The highest BCUT2D eigenvalue weighted by Crippen LogP contribution is 2.25. The molecule has 1 nitrogen and oxygen atoms in total. The molecule has 0 radical (unpaired) electrons. The molecule has 1 atom stereocenters. The molecule has 0 bridgehead atoms. The summed E-state index contributed by atoms with van der Waals surface area (Å²) in [7, 11) is 0. The molecule has 0 saturated heterocycles. The van der Waals surface area contributed by atoms with Gasteiger partial charge in [0.25, 0.3) is 0 Å². The number of benzene rings is 1. The molecular weight excluding hydrogens is 182 g/mol. The standard InChI is InChI=1S/C11H14ClN/c1-9-8-13(12)7-6-10-4-2-3-5-11(9)10/h2-5,9H,6-8H2,1H3/t9-/m1/s1. The molecule has 13 heavy (non-hydrogen) atoms. The molecule has 0 saturated carbocycles. The minimum Gasteiger partial charge on any atom is -0.219 e. The van der Waals surface area contributed by atoms with E-state index in [1.165, 1.54) is 11.1 Å². The molecule has 1 aliphatic heterocycles. The van der Waals surface area contributed by atoms with Gasteiger partial charge >= 0.3 is 0 Å². The van der Waals surface area contributed by atoms with E-state index in [0.717, 1.165) is 19.5 Å². The summed E-state index contributed by atoms with van der Waals surface area (Å²) in [5.41, 5.74) is 2.92. The first-order valence-electron chi connectivity index (χ1n) is 4.76. The highest BCUT2D eigenvalue weighted by molar-refractivity contribution is 6.13. The molecule has 0 aliphatic carbocycles. The van der Waals surface area contributed by atoms with Crippen LogP contribution in [0.1, 0.15) is 24.0 Å². The largest absolute Gasteiger partial charge is 0.219 e. The van der Waals surface area contributed by atoms with Gasteiger partial charge in [-0.15, -0.1) is 0 Å². The third kappa shape index (κ3) is 1.87. The van der Waals surface area contributed by atoms with Crippen molar-refractivity contribution >= 4 is 11.8 Å². The third-order valence-corrected chi connectivity index (χ3v) is 2.99. The lowest BCUT2D eigenvalue weighted by molar-refractivity contribution is 0.446.